The van der Waals surface area contributed by atoms with Gasteiger partial charge in [-0.15, -0.1) is 0 Å². The zero-order valence-electron chi connectivity index (χ0n) is 11.4. The predicted octanol–water partition coefficient (Wildman–Crippen LogP) is 2.81. The van der Waals surface area contributed by atoms with E-state index >= 15 is 0 Å². The van der Waals surface area contributed by atoms with Crippen LogP contribution < -0.4 is 5.32 Å². The number of nitrogens with zero attached hydrogens (tertiary/aromatic N) is 1. The van der Waals surface area contributed by atoms with Gasteiger partial charge in [-0.2, -0.15) is 0 Å². The molecule has 1 fully saturated rings. The lowest BCUT2D eigenvalue weighted by atomic mass is 10.1. The summed E-state index contributed by atoms with van der Waals surface area (Å²) in [7, 11) is 0. The molecule has 0 atom stereocenters. The second-order valence-electron chi connectivity index (χ2n) is 5.18. The summed E-state index contributed by atoms with van der Waals surface area (Å²) in [4.78, 5) is 23.3. The molecule has 21 heavy (non-hydrogen) atoms. The Kier molecular flexibility index (Phi) is 3.21. The van der Waals surface area contributed by atoms with Gasteiger partial charge in [-0.3, -0.25) is 4.79 Å². The number of nitrogens with one attached hydrogen (secondary N) is 1. The molecular weight excluding hydrogens is 272 g/mol. The van der Waals surface area contributed by atoms with Crippen LogP contribution >= 0.6 is 0 Å². The summed E-state index contributed by atoms with van der Waals surface area (Å²) < 4.78 is 4.89. The van der Waals surface area contributed by atoms with E-state index in [1.165, 1.54) is 18.4 Å². The van der Waals surface area contributed by atoms with Gasteiger partial charge in [0.2, 0.25) is 0 Å². The van der Waals surface area contributed by atoms with Gasteiger partial charge in [0, 0.05) is 11.6 Å². The Bertz CT molecular complexity index is 716. The van der Waals surface area contributed by atoms with Crippen molar-refractivity contribution in [3.8, 4) is 0 Å². The summed E-state index contributed by atoms with van der Waals surface area (Å²) >= 11 is 0. The Morgan fingerprint density at radius 2 is 2.14 bits per heavy atom. The molecule has 2 aromatic rings. The summed E-state index contributed by atoms with van der Waals surface area (Å²) in [5.74, 6) is -1.06. The van der Waals surface area contributed by atoms with Crippen LogP contribution in [0.5, 0.6) is 0 Å². The number of amides is 1. The first kappa shape index (κ1) is 13.4. The van der Waals surface area contributed by atoms with Crippen LogP contribution in [-0.4, -0.2) is 22.1 Å². The highest BCUT2D eigenvalue weighted by Crippen LogP contribution is 2.40. The minimum atomic E-state index is -1.03. The minimum Gasteiger partial charge on any atom is -0.478 e. The third kappa shape index (κ3) is 2.65. The van der Waals surface area contributed by atoms with Crippen LogP contribution in [0, 0.1) is 6.92 Å². The molecular formula is C15H14N2O4. The van der Waals surface area contributed by atoms with Crippen molar-refractivity contribution in [2.75, 3.05) is 5.32 Å². The van der Waals surface area contributed by atoms with Crippen molar-refractivity contribution in [3.63, 3.8) is 0 Å². The topological polar surface area (TPSA) is 92.4 Å². The molecule has 1 saturated carbocycles. The number of carbonyl (C=O) groups is 2. The Hall–Kier alpha value is -2.63. The number of aryl methyl sites for hydroxylation is 1. The normalized spacial score (nSPS) is 14.0. The Morgan fingerprint density at radius 3 is 2.81 bits per heavy atom. The molecule has 1 aliphatic rings. The second-order valence-corrected chi connectivity index (χ2v) is 5.18. The van der Waals surface area contributed by atoms with E-state index in [1.54, 1.807) is 13.0 Å². The molecule has 0 aliphatic heterocycles. The average molecular weight is 286 g/mol. The SMILES string of the molecule is Cc1ccc(C(=O)O)cc1NC(=O)c1conc1C1CC1. The fraction of sp³-hybridized carbons (Fsp3) is 0.267. The zero-order chi connectivity index (χ0) is 15.0. The van der Waals surface area contributed by atoms with Gasteiger partial charge in [-0.05, 0) is 37.5 Å². The molecule has 0 bridgehead atoms. The number of hydrogen-bond donors (Lipinski definition) is 2. The van der Waals surface area contributed by atoms with Crippen molar-refractivity contribution in [2.45, 2.75) is 25.7 Å². The van der Waals surface area contributed by atoms with Gasteiger partial charge in [0.25, 0.3) is 5.91 Å². The molecule has 0 radical (unpaired) electrons. The van der Waals surface area contributed by atoms with E-state index in [0.717, 1.165) is 18.4 Å². The van der Waals surface area contributed by atoms with E-state index in [2.05, 4.69) is 10.5 Å². The lowest BCUT2D eigenvalue weighted by molar-refractivity contribution is 0.0696. The number of anilines is 1. The molecule has 1 heterocycles. The zero-order valence-corrected chi connectivity index (χ0v) is 11.4. The van der Waals surface area contributed by atoms with E-state index in [9.17, 15) is 9.59 Å². The Labute approximate surface area is 120 Å². The van der Waals surface area contributed by atoms with E-state index in [-0.39, 0.29) is 11.5 Å². The molecule has 0 spiro atoms. The monoisotopic (exact) mass is 286 g/mol. The third-order valence-corrected chi connectivity index (χ3v) is 3.54. The smallest absolute Gasteiger partial charge is 0.335 e. The van der Waals surface area contributed by atoms with Crippen LogP contribution in [0.2, 0.25) is 0 Å². The summed E-state index contributed by atoms with van der Waals surface area (Å²) in [5, 5.41) is 15.6. The second kappa shape index (κ2) is 5.05. The minimum absolute atomic E-state index is 0.128. The van der Waals surface area contributed by atoms with Crippen LogP contribution in [0.4, 0.5) is 5.69 Å². The first-order valence-corrected chi connectivity index (χ1v) is 6.66. The molecule has 108 valence electrons. The van der Waals surface area contributed by atoms with Gasteiger partial charge in [0.15, 0.2) is 0 Å². The lowest BCUT2D eigenvalue weighted by Gasteiger charge is -2.09. The molecule has 1 aromatic carbocycles. The van der Waals surface area contributed by atoms with Crippen LogP contribution in [0.3, 0.4) is 0 Å². The van der Waals surface area contributed by atoms with Crippen LogP contribution in [0.25, 0.3) is 0 Å². The molecule has 2 N–H and O–H groups in total. The Morgan fingerprint density at radius 1 is 1.38 bits per heavy atom. The number of aromatic nitrogens is 1. The number of carbonyl (C=O) groups excluding carboxylic acids is 1. The van der Waals surface area contributed by atoms with Gasteiger partial charge in [-0.1, -0.05) is 11.2 Å². The molecule has 6 nitrogen and oxygen atoms in total. The number of benzene rings is 1. The highest BCUT2D eigenvalue weighted by atomic mass is 16.5. The van der Waals surface area contributed by atoms with Gasteiger partial charge < -0.3 is 14.9 Å². The highest BCUT2D eigenvalue weighted by Gasteiger charge is 2.31. The number of aromatic carboxylic acids is 1. The first-order chi connectivity index (χ1) is 10.1. The average Bonchev–Trinajstić information content (AvgIpc) is 3.18. The largest absolute Gasteiger partial charge is 0.478 e. The van der Waals surface area contributed by atoms with Crippen molar-refractivity contribution < 1.29 is 19.2 Å². The standard InChI is InChI=1S/C15H14N2O4/c1-8-2-3-10(15(19)20)6-12(8)16-14(18)11-7-21-17-13(11)9-4-5-9/h2-3,6-7,9H,4-5H2,1H3,(H,16,18)(H,19,20). The van der Waals surface area contributed by atoms with Gasteiger partial charge in [-0.25, -0.2) is 4.79 Å². The number of hydrogen-bond acceptors (Lipinski definition) is 4. The van der Waals surface area contributed by atoms with Gasteiger partial charge in [0.1, 0.15) is 11.8 Å². The molecule has 1 aliphatic carbocycles. The fourth-order valence-corrected chi connectivity index (χ4v) is 2.15. The quantitative estimate of drug-likeness (QED) is 0.901. The molecule has 0 unspecified atom stereocenters. The summed E-state index contributed by atoms with van der Waals surface area (Å²) in [5.41, 5.74) is 2.49. The molecule has 6 heteroatoms. The first-order valence-electron chi connectivity index (χ1n) is 6.66. The van der Waals surface area contributed by atoms with Crippen molar-refractivity contribution in [2.24, 2.45) is 0 Å². The summed E-state index contributed by atoms with van der Waals surface area (Å²) in [6, 6.07) is 4.61. The highest BCUT2D eigenvalue weighted by molar-refractivity contribution is 6.05. The molecule has 3 rings (SSSR count). The van der Waals surface area contributed by atoms with E-state index in [1.807, 2.05) is 0 Å². The van der Waals surface area contributed by atoms with Crippen molar-refractivity contribution in [1.29, 1.82) is 0 Å². The molecule has 1 amide bonds. The summed E-state index contributed by atoms with van der Waals surface area (Å²) in [6.45, 7) is 1.80. The third-order valence-electron chi connectivity index (χ3n) is 3.54. The predicted molar refractivity (Wildman–Crippen MR) is 74.6 cm³/mol. The summed E-state index contributed by atoms with van der Waals surface area (Å²) in [6.07, 6.45) is 3.36. The van der Waals surface area contributed by atoms with E-state index in [4.69, 9.17) is 9.63 Å². The van der Waals surface area contributed by atoms with Crippen molar-refractivity contribution in [3.05, 3.63) is 46.8 Å². The Balaban J connectivity index is 1.85. The number of carboxylic acids is 1. The van der Waals surface area contributed by atoms with Crippen LogP contribution in [0.1, 0.15) is 50.7 Å². The lowest BCUT2D eigenvalue weighted by Crippen LogP contribution is -2.14. The van der Waals surface area contributed by atoms with Gasteiger partial charge >= 0.3 is 5.97 Å². The fourth-order valence-electron chi connectivity index (χ4n) is 2.15. The number of carboxylic acid groups (broad SMARTS) is 1. The maximum Gasteiger partial charge on any atom is 0.335 e. The van der Waals surface area contributed by atoms with E-state index < -0.39 is 5.97 Å². The maximum atomic E-state index is 12.3. The van der Waals surface area contributed by atoms with Crippen LogP contribution in [0.15, 0.2) is 29.0 Å². The van der Waals surface area contributed by atoms with Gasteiger partial charge in [0.05, 0.1) is 11.3 Å². The van der Waals surface area contributed by atoms with Crippen molar-refractivity contribution in [1.82, 2.24) is 5.16 Å². The van der Waals surface area contributed by atoms with Crippen molar-refractivity contribution >= 4 is 17.6 Å². The molecule has 0 saturated heterocycles. The molecule has 1 aromatic heterocycles. The number of rotatable bonds is 4. The van der Waals surface area contributed by atoms with Crippen LogP contribution in [-0.2, 0) is 0 Å². The van der Waals surface area contributed by atoms with E-state index in [0.29, 0.717) is 22.9 Å². The maximum absolute atomic E-state index is 12.3.